The Morgan fingerprint density at radius 2 is 2.00 bits per heavy atom. The Morgan fingerprint density at radius 3 is 2.78 bits per heavy atom. The molecule has 5 heterocycles. The fourth-order valence-electron chi connectivity index (χ4n) is 5.42. The first-order valence-electron chi connectivity index (χ1n) is 15.1. The Bertz CT molecular complexity index is 1690. The number of imidazole rings is 1. The maximum Gasteiger partial charge on any atom is 0.251 e. The fraction of sp³-hybridized carbons (Fsp3) is 0.438. The predicted octanol–water partition coefficient (Wildman–Crippen LogP) is 2.65. The first-order valence-corrected chi connectivity index (χ1v) is 15.1. The van der Waals surface area contributed by atoms with Crippen molar-refractivity contribution in [2.45, 2.75) is 53.1 Å². The van der Waals surface area contributed by atoms with E-state index in [9.17, 15) is 14.4 Å². The van der Waals surface area contributed by atoms with E-state index in [1.807, 2.05) is 43.5 Å². The smallest absolute Gasteiger partial charge is 0.251 e. The summed E-state index contributed by atoms with van der Waals surface area (Å²) in [5.74, 6) is 1.27. The van der Waals surface area contributed by atoms with E-state index in [-0.39, 0.29) is 49.8 Å². The number of benzene rings is 1. The predicted molar refractivity (Wildman–Crippen MR) is 166 cm³/mol. The molecule has 45 heavy (non-hydrogen) atoms. The van der Waals surface area contributed by atoms with Gasteiger partial charge in [0.1, 0.15) is 23.9 Å². The van der Waals surface area contributed by atoms with Crippen LogP contribution in [0.2, 0.25) is 0 Å². The van der Waals surface area contributed by atoms with Crippen molar-refractivity contribution in [3.8, 4) is 11.5 Å². The maximum absolute atomic E-state index is 13.7. The van der Waals surface area contributed by atoms with Gasteiger partial charge in [0.15, 0.2) is 11.5 Å². The zero-order chi connectivity index (χ0) is 32.1. The average molecular weight is 617 g/mol. The lowest BCUT2D eigenvalue weighted by atomic mass is 10.0. The van der Waals surface area contributed by atoms with Crippen molar-refractivity contribution < 1.29 is 23.9 Å². The minimum atomic E-state index is -0.451. The second kappa shape index (κ2) is 13.8. The van der Waals surface area contributed by atoms with Gasteiger partial charge in [0.2, 0.25) is 11.8 Å². The van der Waals surface area contributed by atoms with Gasteiger partial charge in [-0.05, 0) is 56.0 Å². The van der Waals surface area contributed by atoms with E-state index in [2.05, 4.69) is 25.7 Å². The summed E-state index contributed by atoms with van der Waals surface area (Å²) < 4.78 is 15.1. The largest absolute Gasteiger partial charge is 0.493 e. The number of aromatic nitrogens is 5. The molecule has 2 N–H and O–H groups in total. The molecule has 13 nitrogen and oxygen atoms in total. The van der Waals surface area contributed by atoms with Gasteiger partial charge in [-0.25, -0.2) is 14.6 Å². The number of hydrogen-bond donors (Lipinski definition) is 2. The number of carbonyl (C=O) groups is 3. The number of rotatable bonds is 4. The van der Waals surface area contributed by atoms with Crippen LogP contribution in [-0.4, -0.2) is 80.1 Å². The van der Waals surface area contributed by atoms with Gasteiger partial charge < -0.3 is 29.4 Å². The van der Waals surface area contributed by atoms with Crippen molar-refractivity contribution in [3.63, 3.8) is 0 Å². The molecule has 6 rings (SSSR count). The third-order valence-corrected chi connectivity index (χ3v) is 7.77. The molecule has 0 aliphatic carbocycles. The number of methoxy groups -OCH3 is 1. The van der Waals surface area contributed by atoms with E-state index < -0.39 is 6.04 Å². The molecule has 3 aromatic heterocycles. The standard InChI is InChI=1S/C32H40N8O5/c1-20(2)29-31-35-22(4)37-40(31)14-15-45-25-10-9-23(16-26(25)44-5)32(43)33-11-7-12-38(19-27(41)36-29)28(42)17-24-18-34-30-21(3)8-6-13-39(24)30/h6,8-10,13,16,18,20,29H,7,11-12,14-15,17,19H2,1-5H3,(H,33,43)(H,36,41)/t29-/m0/s1. The molecule has 238 valence electrons. The highest BCUT2D eigenvalue weighted by Crippen LogP contribution is 2.28. The van der Waals surface area contributed by atoms with Gasteiger partial charge in [-0.15, -0.1) is 0 Å². The third kappa shape index (κ3) is 7.24. The maximum atomic E-state index is 13.7. The van der Waals surface area contributed by atoms with E-state index >= 15 is 0 Å². The highest BCUT2D eigenvalue weighted by molar-refractivity contribution is 5.94. The van der Waals surface area contributed by atoms with Crippen LogP contribution in [0, 0.1) is 19.8 Å². The Kier molecular flexibility index (Phi) is 9.65. The van der Waals surface area contributed by atoms with Crippen LogP contribution in [0.5, 0.6) is 11.5 Å². The van der Waals surface area contributed by atoms with Crippen LogP contribution < -0.4 is 20.1 Å². The average Bonchev–Trinajstić information content (AvgIpc) is 3.60. The lowest BCUT2D eigenvalue weighted by Crippen LogP contribution is -2.44. The minimum absolute atomic E-state index is 0.0141. The number of pyridine rings is 1. The molecule has 0 spiro atoms. The summed E-state index contributed by atoms with van der Waals surface area (Å²) in [6.45, 7) is 8.79. The topological polar surface area (TPSA) is 145 Å². The molecule has 1 atom stereocenters. The molecule has 3 amide bonds. The van der Waals surface area contributed by atoms with Crippen molar-refractivity contribution in [2.75, 3.05) is 33.4 Å². The van der Waals surface area contributed by atoms with Crippen molar-refractivity contribution in [1.29, 1.82) is 0 Å². The van der Waals surface area contributed by atoms with E-state index in [4.69, 9.17) is 9.47 Å². The van der Waals surface area contributed by atoms with Crippen LogP contribution in [0.4, 0.5) is 0 Å². The van der Waals surface area contributed by atoms with Gasteiger partial charge in [0.05, 0.1) is 38.4 Å². The molecular weight excluding hydrogens is 576 g/mol. The van der Waals surface area contributed by atoms with Crippen LogP contribution in [0.1, 0.15) is 59.6 Å². The monoisotopic (exact) mass is 616 g/mol. The molecule has 0 radical (unpaired) electrons. The molecule has 0 unspecified atom stereocenters. The second-order valence-corrected chi connectivity index (χ2v) is 11.5. The highest BCUT2D eigenvalue weighted by Gasteiger charge is 2.27. The second-order valence-electron chi connectivity index (χ2n) is 11.5. The highest BCUT2D eigenvalue weighted by atomic mass is 16.5. The van der Waals surface area contributed by atoms with Crippen molar-refractivity contribution in [1.82, 2.24) is 39.7 Å². The number of nitrogens with zero attached hydrogens (tertiary/aromatic N) is 6. The van der Waals surface area contributed by atoms with Crippen LogP contribution >= 0.6 is 0 Å². The Balaban J connectivity index is 1.42. The number of amides is 3. The Labute approximate surface area is 261 Å². The lowest BCUT2D eigenvalue weighted by Gasteiger charge is -2.26. The fourth-order valence-corrected chi connectivity index (χ4v) is 5.42. The number of hydrogen-bond acceptors (Lipinski definition) is 8. The SMILES string of the molecule is COc1cc2ccc1OCCn1nc(C)nc1[C@H](C(C)C)NC(=O)CN(C(=O)Cc1cnc3c(C)cccn13)CCCNC2=O. The molecule has 2 aliphatic heterocycles. The Morgan fingerprint density at radius 1 is 1.18 bits per heavy atom. The molecule has 0 saturated carbocycles. The van der Waals surface area contributed by atoms with Crippen molar-refractivity contribution in [3.05, 3.63) is 71.2 Å². The van der Waals surface area contributed by atoms with E-state index in [0.29, 0.717) is 48.2 Å². The number of fused-ring (bicyclic) bond motifs is 14. The Hall–Kier alpha value is -4.94. The molecule has 0 saturated heterocycles. The minimum Gasteiger partial charge on any atom is -0.493 e. The van der Waals surface area contributed by atoms with E-state index in [1.54, 1.807) is 36.0 Å². The molecular formula is C32H40N8O5. The summed E-state index contributed by atoms with van der Waals surface area (Å²) in [5, 5.41) is 10.5. The zero-order valence-corrected chi connectivity index (χ0v) is 26.4. The van der Waals surface area contributed by atoms with E-state index in [0.717, 1.165) is 16.9 Å². The van der Waals surface area contributed by atoms with Crippen molar-refractivity contribution in [2.24, 2.45) is 5.92 Å². The normalized spacial score (nSPS) is 16.8. The number of carbonyl (C=O) groups excluding carboxylic acids is 3. The summed E-state index contributed by atoms with van der Waals surface area (Å²) in [6, 6.07) is 8.44. The molecule has 0 fully saturated rings. The molecule has 13 heteroatoms. The summed E-state index contributed by atoms with van der Waals surface area (Å²) in [7, 11) is 1.52. The van der Waals surface area contributed by atoms with Crippen LogP contribution in [0.3, 0.4) is 0 Å². The van der Waals surface area contributed by atoms with Gasteiger partial charge in [-0.1, -0.05) is 19.9 Å². The van der Waals surface area contributed by atoms with Crippen molar-refractivity contribution >= 4 is 23.4 Å². The third-order valence-electron chi connectivity index (χ3n) is 7.77. The van der Waals surface area contributed by atoms with Gasteiger partial charge in [-0.3, -0.25) is 14.4 Å². The summed E-state index contributed by atoms with van der Waals surface area (Å²) >= 11 is 0. The molecule has 1 aromatic carbocycles. The van der Waals surface area contributed by atoms with Gasteiger partial charge in [-0.2, -0.15) is 5.10 Å². The van der Waals surface area contributed by atoms with Crippen LogP contribution in [0.25, 0.3) is 5.65 Å². The van der Waals surface area contributed by atoms with E-state index in [1.165, 1.54) is 12.0 Å². The summed E-state index contributed by atoms with van der Waals surface area (Å²) in [6.07, 6.45) is 4.08. The summed E-state index contributed by atoms with van der Waals surface area (Å²) in [5.41, 5.74) is 2.93. The number of nitrogens with one attached hydrogen (secondary N) is 2. The van der Waals surface area contributed by atoms with Crippen LogP contribution in [-0.2, 0) is 22.6 Å². The van der Waals surface area contributed by atoms with Gasteiger partial charge >= 0.3 is 0 Å². The van der Waals surface area contributed by atoms with Gasteiger partial charge in [0.25, 0.3) is 5.91 Å². The van der Waals surface area contributed by atoms with Gasteiger partial charge in [0, 0.05) is 31.0 Å². The summed E-state index contributed by atoms with van der Waals surface area (Å²) in [4.78, 5) is 50.8. The quantitative estimate of drug-likeness (QED) is 0.356. The molecule has 2 bridgehead atoms. The first-order chi connectivity index (χ1) is 21.6. The lowest BCUT2D eigenvalue weighted by molar-refractivity contribution is -0.136. The zero-order valence-electron chi connectivity index (χ0n) is 26.4. The molecule has 2 aliphatic rings. The molecule has 4 aromatic rings. The first kappa shape index (κ1) is 31.5. The van der Waals surface area contributed by atoms with Crippen LogP contribution in [0.15, 0.2) is 42.7 Å². The number of ether oxygens (including phenoxy) is 2. The number of aryl methyl sites for hydroxylation is 2.